The van der Waals surface area contributed by atoms with Gasteiger partial charge in [0.25, 0.3) is 0 Å². The van der Waals surface area contributed by atoms with Crippen molar-refractivity contribution < 1.29 is 4.53 Å². The smallest absolute Gasteiger partial charge is 0.380 e. The van der Waals surface area contributed by atoms with Crippen molar-refractivity contribution in [1.82, 2.24) is 0 Å². The lowest BCUT2D eigenvalue weighted by Crippen LogP contribution is -2.68. The fourth-order valence-electron chi connectivity index (χ4n) is 3.40. The standard InChI is InChI=1S/C24H21NOSi/c1-4-14-22(15-5-1)27(23-16-6-2-7-17-23,24-18-8-3-9-19-24)26-25-20-21-12-10-11-13-21/h1-21H. The SMILES string of the molecule is C1=CC(C=NO[Si](c2ccccc2)(c2ccccc2)c2ccccc2)C=C1. The number of rotatable bonds is 6. The zero-order chi connectivity index (χ0) is 18.4. The molecule has 4 rings (SSSR count). The second-order valence-electron chi connectivity index (χ2n) is 6.47. The van der Waals surface area contributed by atoms with Gasteiger partial charge in [-0.15, -0.1) is 5.16 Å². The molecule has 0 aromatic heterocycles. The molecule has 0 N–H and O–H groups in total. The Kier molecular flexibility index (Phi) is 5.12. The Morgan fingerprint density at radius 1 is 0.630 bits per heavy atom. The lowest BCUT2D eigenvalue weighted by molar-refractivity contribution is 0.349. The van der Waals surface area contributed by atoms with E-state index in [0.717, 1.165) is 0 Å². The maximum Gasteiger partial charge on any atom is 0.380 e. The molecular weight excluding hydrogens is 346 g/mol. The second kappa shape index (κ2) is 8.02. The highest BCUT2D eigenvalue weighted by Crippen LogP contribution is 2.11. The van der Waals surface area contributed by atoms with Gasteiger partial charge in [0.1, 0.15) is 0 Å². The van der Waals surface area contributed by atoms with Crippen molar-refractivity contribution in [3.8, 4) is 0 Å². The molecule has 0 atom stereocenters. The number of hydrogen-bond acceptors (Lipinski definition) is 2. The minimum absolute atomic E-state index is 0.194. The third kappa shape index (κ3) is 3.55. The van der Waals surface area contributed by atoms with Crippen LogP contribution in [0.5, 0.6) is 0 Å². The average Bonchev–Trinajstić information content (AvgIpc) is 3.27. The fraction of sp³-hybridized carbons (Fsp3) is 0.0417. The van der Waals surface area contributed by atoms with Crippen LogP contribution in [-0.4, -0.2) is 14.5 Å². The van der Waals surface area contributed by atoms with Crippen LogP contribution in [0.2, 0.25) is 0 Å². The fourth-order valence-corrected chi connectivity index (χ4v) is 6.93. The predicted molar refractivity (Wildman–Crippen MR) is 115 cm³/mol. The van der Waals surface area contributed by atoms with Gasteiger partial charge < -0.3 is 4.53 Å². The summed E-state index contributed by atoms with van der Waals surface area (Å²) in [7, 11) is -2.74. The molecule has 0 aliphatic heterocycles. The quantitative estimate of drug-likeness (QED) is 0.283. The Bertz CT molecular complexity index is 841. The minimum Gasteiger partial charge on any atom is -0.438 e. The molecule has 0 saturated carbocycles. The molecule has 0 fully saturated rings. The Labute approximate surface area is 161 Å². The number of hydrogen-bond donors (Lipinski definition) is 0. The summed E-state index contributed by atoms with van der Waals surface area (Å²) in [5.41, 5.74) is 0. The van der Waals surface area contributed by atoms with Crippen LogP contribution in [0.1, 0.15) is 0 Å². The molecule has 0 saturated heterocycles. The van der Waals surface area contributed by atoms with E-state index in [9.17, 15) is 0 Å². The van der Waals surface area contributed by atoms with Crippen molar-refractivity contribution in [3.63, 3.8) is 0 Å². The minimum atomic E-state index is -2.74. The van der Waals surface area contributed by atoms with Crippen LogP contribution in [0.15, 0.2) is 120 Å². The van der Waals surface area contributed by atoms with Gasteiger partial charge >= 0.3 is 8.32 Å². The van der Waals surface area contributed by atoms with Crippen molar-refractivity contribution in [2.75, 3.05) is 0 Å². The van der Waals surface area contributed by atoms with E-state index in [2.05, 4.69) is 90.1 Å². The Hall–Kier alpha value is -3.17. The summed E-state index contributed by atoms with van der Waals surface area (Å²) in [6, 6.07) is 31.4. The topological polar surface area (TPSA) is 21.6 Å². The first-order valence-corrected chi connectivity index (χ1v) is 11.0. The molecule has 3 aromatic rings. The predicted octanol–water partition coefficient (Wildman–Crippen LogP) is 3.40. The van der Waals surface area contributed by atoms with Crippen LogP contribution in [0.4, 0.5) is 0 Å². The zero-order valence-electron chi connectivity index (χ0n) is 15.0. The first-order valence-electron chi connectivity index (χ1n) is 9.13. The lowest BCUT2D eigenvalue weighted by atomic mass is 10.2. The molecule has 27 heavy (non-hydrogen) atoms. The van der Waals surface area contributed by atoms with Crippen molar-refractivity contribution >= 4 is 30.1 Å². The summed E-state index contributed by atoms with van der Waals surface area (Å²) < 4.78 is 6.49. The summed E-state index contributed by atoms with van der Waals surface area (Å²) in [5, 5.41) is 8.02. The van der Waals surface area contributed by atoms with Crippen LogP contribution < -0.4 is 15.6 Å². The molecule has 0 heterocycles. The van der Waals surface area contributed by atoms with Gasteiger partial charge in [0.2, 0.25) is 0 Å². The number of oxime groups is 1. The van der Waals surface area contributed by atoms with E-state index in [0.29, 0.717) is 0 Å². The number of benzene rings is 3. The Morgan fingerprint density at radius 3 is 1.44 bits per heavy atom. The lowest BCUT2D eigenvalue weighted by Gasteiger charge is -2.30. The van der Waals surface area contributed by atoms with Crippen LogP contribution in [0.3, 0.4) is 0 Å². The summed E-state index contributed by atoms with van der Waals surface area (Å²) in [5.74, 6) is 0.194. The molecule has 3 aromatic carbocycles. The molecule has 1 aliphatic rings. The van der Waals surface area contributed by atoms with Crippen molar-refractivity contribution in [3.05, 3.63) is 115 Å². The van der Waals surface area contributed by atoms with E-state index in [1.54, 1.807) is 0 Å². The van der Waals surface area contributed by atoms with Gasteiger partial charge in [0.05, 0.1) is 6.21 Å². The number of nitrogens with zero attached hydrogens (tertiary/aromatic N) is 1. The van der Waals surface area contributed by atoms with Gasteiger partial charge in [-0.25, -0.2) is 0 Å². The Morgan fingerprint density at radius 2 is 1.04 bits per heavy atom. The highest BCUT2D eigenvalue weighted by Gasteiger charge is 2.44. The second-order valence-corrected chi connectivity index (χ2v) is 9.75. The first kappa shape index (κ1) is 17.3. The van der Waals surface area contributed by atoms with Crippen LogP contribution in [-0.2, 0) is 4.53 Å². The van der Waals surface area contributed by atoms with Crippen LogP contribution >= 0.6 is 0 Å². The average molecular weight is 368 g/mol. The van der Waals surface area contributed by atoms with Crippen molar-refractivity contribution in [1.29, 1.82) is 0 Å². The molecule has 0 radical (unpaired) electrons. The van der Waals surface area contributed by atoms with E-state index in [-0.39, 0.29) is 5.92 Å². The molecule has 1 aliphatic carbocycles. The summed E-state index contributed by atoms with van der Waals surface area (Å²) in [6.45, 7) is 0. The van der Waals surface area contributed by atoms with E-state index < -0.39 is 8.32 Å². The van der Waals surface area contributed by atoms with Gasteiger partial charge in [-0.05, 0) is 15.6 Å². The van der Waals surface area contributed by atoms with E-state index in [1.807, 2.05) is 36.6 Å². The third-order valence-corrected chi connectivity index (χ3v) is 8.56. The summed E-state index contributed by atoms with van der Waals surface area (Å²) >= 11 is 0. The first-order chi connectivity index (χ1) is 13.4. The van der Waals surface area contributed by atoms with Gasteiger partial charge in [0.15, 0.2) is 0 Å². The van der Waals surface area contributed by atoms with Gasteiger partial charge in [-0.1, -0.05) is 115 Å². The monoisotopic (exact) mass is 367 g/mol. The van der Waals surface area contributed by atoms with Crippen molar-refractivity contribution in [2.45, 2.75) is 0 Å². The molecule has 0 spiro atoms. The molecule has 132 valence electrons. The third-order valence-electron chi connectivity index (χ3n) is 4.74. The van der Waals surface area contributed by atoms with Gasteiger partial charge in [-0.3, -0.25) is 0 Å². The molecular formula is C24H21NOSi. The van der Waals surface area contributed by atoms with Crippen LogP contribution in [0, 0.1) is 5.92 Å². The van der Waals surface area contributed by atoms with E-state index in [1.165, 1.54) is 15.6 Å². The van der Waals surface area contributed by atoms with E-state index >= 15 is 0 Å². The maximum absolute atomic E-state index is 6.49. The Balaban J connectivity index is 1.86. The van der Waals surface area contributed by atoms with Crippen LogP contribution in [0.25, 0.3) is 0 Å². The van der Waals surface area contributed by atoms with Gasteiger partial charge in [0, 0.05) is 5.92 Å². The number of allylic oxidation sites excluding steroid dienone is 4. The highest BCUT2D eigenvalue weighted by molar-refractivity contribution is 7.07. The summed E-state index contributed by atoms with van der Waals surface area (Å²) in [4.78, 5) is 0. The highest BCUT2D eigenvalue weighted by atomic mass is 28.4. The van der Waals surface area contributed by atoms with Crippen molar-refractivity contribution in [2.24, 2.45) is 11.1 Å². The normalized spacial score (nSPS) is 14.1. The molecule has 0 unspecified atom stereocenters. The molecule has 3 heteroatoms. The van der Waals surface area contributed by atoms with E-state index in [4.69, 9.17) is 4.53 Å². The van der Waals surface area contributed by atoms with Gasteiger partial charge in [-0.2, -0.15) is 0 Å². The molecule has 2 nitrogen and oxygen atoms in total. The largest absolute Gasteiger partial charge is 0.438 e. The zero-order valence-corrected chi connectivity index (χ0v) is 16.0. The molecule has 0 bridgehead atoms. The molecule has 0 amide bonds. The summed E-state index contributed by atoms with van der Waals surface area (Å²) in [6.07, 6.45) is 10.1. The maximum atomic E-state index is 6.49.